The van der Waals surface area contributed by atoms with Gasteiger partial charge in [0.1, 0.15) is 35.7 Å². The minimum absolute atomic E-state index is 0.0208. The molecule has 0 amide bonds. The Hall–Kier alpha value is -3.77. The van der Waals surface area contributed by atoms with Crippen LogP contribution in [0.4, 0.5) is 18.9 Å². The second-order valence-electron chi connectivity index (χ2n) is 9.39. The van der Waals surface area contributed by atoms with Gasteiger partial charge in [-0.05, 0) is 32.2 Å². The molecule has 0 radical (unpaired) electrons. The largest absolute Gasteiger partial charge is 0.381 e. The molecular weight excluding hydrogens is 487 g/mol. The number of piperazine rings is 1. The van der Waals surface area contributed by atoms with E-state index in [0.717, 1.165) is 35.9 Å². The van der Waals surface area contributed by atoms with E-state index in [2.05, 4.69) is 20.0 Å². The molecule has 2 aromatic carbocycles. The van der Waals surface area contributed by atoms with Gasteiger partial charge in [0.25, 0.3) is 5.56 Å². The Balaban J connectivity index is 1.58. The van der Waals surface area contributed by atoms with Crippen molar-refractivity contribution in [2.75, 3.05) is 38.1 Å². The highest BCUT2D eigenvalue weighted by atomic mass is 19.1. The minimum Gasteiger partial charge on any atom is -0.381 e. The molecule has 37 heavy (non-hydrogen) atoms. The number of fused-ring (bicyclic) bond motifs is 1. The summed E-state index contributed by atoms with van der Waals surface area (Å²) in [7, 11) is 2.00. The summed E-state index contributed by atoms with van der Waals surface area (Å²) in [4.78, 5) is 25.8. The molecule has 1 fully saturated rings. The maximum atomic E-state index is 15.2. The van der Waals surface area contributed by atoms with Gasteiger partial charge < -0.3 is 14.9 Å². The van der Waals surface area contributed by atoms with Crippen molar-refractivity contribution < 1.29 is 18.3 Å². The van der Waals surface area contributed by atoms with Crippen molar-refractivity contribution in [1.82, 2.24) is 29.2 Å². The first-order valence-electron chi connectivity index (χ1n) is 11.8. The van der Waals surface area contributed by atoms with Gasteiger partial charge in [-0.15, -0.1) is 0 Å². The van der Waals surface area contributed by atoms with Gasteiger partial charge in [0, 0.05) is 37.8 Å². The van der Waals surface area contributed by atoms with Gasteiger partial charge in [0.15, 0.2) is 0 Å². The molecule has 5 rings (SSSR count). The number of halogens is 3. The fourth-order valence-electron chi connectivity index (χ4n) is 4.78. The number of hydrogen-bond donors (Lipinski definition) is 1. The quantitative estimate of drug-likeness (QED) is 0.423. The molecule has 0 bridgehead atoms. The molecule has 1 aliphatic heterocycles. The van der Waals surface area contributed by atoms with E-state index in [0.29, 0.717) is 30.4 Å². The number of nitrogens with zero attached hydrogens (tertiary/aromatic N) is 7. The molecule has 9 nitrogen and oxygen atoms in total. The van der Waals surface area contributed by atoms with Crippen LogP contribution in [0.2, 0.25) is 0 Å². The van der Waals surface area contributed by atoms with E-state index >= 15 is 4.39 Å². The number of aliphatic hydroxyl groups is 1. The molecule has 0 spiro atoms. The second kappa shape index (κ2) is 9.60. The van der Waals surface area contributed by atoms with Crippen molar-refractivity contribution in [2.45, 2.75) is 25.1 Å². The highest BCUT2D eigenvalue weighted by molar-refractivity contribution is 5.82. The Morgan fingerprint density at radius 1 is 1.05 bits per heavy atom. The Labute approximate surface area is 210 Å². The molecule has 1 saturated heterocycles. The maximum absolute atomic E-state index is 15.2. The first kappa shape index (κ1) is 24.9. The van der Waals surface area contributed by atoms with Crippen LogP contribution in [-0.4, -0.2) is 67.5 Å². The van der Waals surface area contributed by atoms with E-state index in [-0.39, 0.29) is 17.5 Å². The molecule has 3 heterocycles. The smallest absolute Gasteiger partial charge is 0.261 e. The van der Waals surface area contributed by atoms with Gasteiger partial charge in [0.05, 0.1) is 35.5 Å². The zero-order valence-corrected chi connectivity index (χ0v) is 20.4. The highest BCUT2D eigenvalue weighted by Crippen LogP contribution is 2.36. The summed E-state index contributed by atoms with van der Waals surface area (Å²) in [5.74, 6) is -2.35. The maximum Gasteiger partial charge on any atom is 0.261 e. The lowest BCUT2D eigenvalue weighted by molar-refractivity contribution is -0.0343. The van der Waals surface area contributed by atoms with E-state index < -0.39 is 34.7 Å². The zero-order valence-electron chi connectivity index (χ0n) is 20.4. The van der Waals surface area contributed by atoms with Crippen LogP contribution in [-0.2, 0) is 12.1 Å². The molecule has 1 N–H and O–H groups in total. The monoisotopic (exact) mass is 513 g/mol. The lowest BCUT2D eigenvalue weighted by Crippen LogP contribution is -2.45. The van der Waals surface area contributed by atoms with E-state index in [1.54, 1.807) is 6.07 Å². The van der Waals surface area contributed by atoms with Gasteiger partial charge >= 0.3 is 0 Å². The van der Waals surface area contributed by atoms with Crippen molar-refractivity contribution in [3.05, 3.63) is 82.7 Å². The first-order valence-corrected chi connectivity index (χ1v) is 11.8. The number of likely N-dealkylation sites (N-methyl/N-ethyl adjacent to an activating group) is 1. The molecule has 0 aliphatic carbocycles. The standard InChI is InChI=1S/C25H26F3N7O2/c1-16(25(37,12-34-14-29-13-31-34)19-4-3-17(26)9-20(19)27)35-15-30-22-11-23(21(28)10-18(22)24(35)36)33-7-5-32(2)6-8-33/h3-4,9-11,13-16,37H,5-8,12H2,1-2H3. The summed E-state index contributed by atoms with van der Waals surface area (Å²) in [6.45, 7) is 4.07. The van der Waals surface area contributed by atoms with E-state index in [1.807, 2.05) is 11.9 Å². The number of anilines is 1. The lowest BCUT2D eigenvalue weighted by atomic mass is 9.86. The third kappa shape index (κ3) is 4.58. The summed E-state index contributed by atoms with van der Waals surface area (Å²) in [5, 5.41) is 15.8. The molecule has 194 valence electrons. The van der Waals surface area contributed by atoms with Gasteiger partial charge in [-0.25, -0.2) is 27.8 Å². The summed E-state index contributed by atoms with van der Waals surface area (Å²) in [5.41, 5.74) is -2.24. The van der Waals surface area contributed by atoms with Crippen molar-refractivity contribution in [3.8, 4) is 0 Å². The van der Waals surface area contributed by atoms with Crippen molar-refractivity contribution >= 4 is 16.6 Å². The van der Waals surface area contributed by atoms with Crippen LogP contribution in [0.3, 0.4) is 0 Å². The van der Waals surface area contributed by atoms with Crippen molar-refractivity contribution in [1.29, 1.82) is 0 Å². The van der Waals surface area contributed by atoms with Gasteiger partial charge in [0.2, 0.25) is 0 Å². The molecule has 2 unspecified atom stereocenters. The SMILES string of the molecule is CC(n1cnc2cc(N3CCN(C)CC3)c(F)cc2c1=O)C(O)(Cn1cncn1)c1ccc(F)cc1F. The number of hydrogen-bond acceptors (Lipinski definition) is 7. The van der Waals surface area contributed by atoms with Gasteiger partial charge in [-0.2, -0.15) is 5.10 Å². The number of benzene rings is 2. The average Bonchev–Trinajstić information content (AvgIpc) is 3.37. The lowest BCUT2D eigenvalue weighted by Gasteiger charge is -2.36. The third-order valence-corrected chi connectivity index (χ3v) is 7.07. The normalized spacial score (nSPS) is 17.2. The van der Waals surface area contributed by atoms with Crippen LogP contribution < -0.4 is 10.5 Å². The predicted molar refractivity (Wildman–Crippen MR) is 131 cm³/mol. The van der Waals surface area contributed by atoms with E-state index in [1.165, 1.54) is 30.6 Å². The Bertz CT molecular complexity index is 1490. The number of aromatic nitrogens is 5. The highest BCUT2D eigenvalue weighted by Gasteiger charge is 2.41. The Kier molecular flexibility index (Phi) is 6.46. The van der Waals surface area contributed by atoms with Crippen molar-refractivity contribution in [3.63, 3.8) is 0 Å². The topological polar surface area (TPSA) is 92.3 Å². The van der Waals surface area contributed by atoms with Crippen LogP contribution in [0.1, 0.15) is 18.5 Å². The molecular formula is C25H26F3N7O2. The first-order chi connectivity index (χ1) is 17.7. The van der Waals surface area contributed by atoms with Crippen LogP contribution in [0, 0.1) is 17.5 Å². The minimum atomic E-state index is -2.07. The predicted octanol–water partition coefficient (Wildman–Crippen LogP) is 2.31. The summed E-state index contributed by atoms with van der Waals surface area (Å²) >= 11 is 0. The van der Waals surface area contributed by atoms with Crippen LogP contribution in [0.15, 0.2) is 54.1 Å². The van der Waals surface area contributed by atoms with Crippen LogP contribution in [0.5, 0.6) is 0 Å². The molecule has 4 aromatic rings. The molecule has 2 aromatic heterocycles. The van der Waals surface area contributed by atoms with E-state index in [9.17, 15) is 18.7 Å². The number of rotatable bonds is 6. The molecule has 12 heteroatoms. The fraction of sp³-hybridized carbons (Fsp3) is 0.360. The van der Waals surface area contributed by atoms with Crippen LogP contribution >= 0.6 is 0 Å². The van der Waals surface area contributed by atoms with Gasteiger partial charge in [-0.3, -0.25) is 9.36 Å². The molecule has 2 atom stereocenters. The summed E-state index contributed by atoms with van der Waals surface area (Å²) in [6, 6.07) is 4.39. The molecule has 1 aliphatic rings. The van der Waals surface area contributed by atoms with Crippen LogP contribution in [0.25, 0.3) is 10.9 Å². The summed E-state index contributed by atoms with van der Waals surface area (Å²) in [6.07, 6.45) is 3.82. The fourth-order valence-corrected chi connectivity index (χ4v) is 4.78. The van der Waals surface area contributed by atoms with Crippen molar-refractivity contribution in [2.24, 2.45) is 0 Å². The second-order valence-corrected chi connectivity index (χ2v) is 9.39. The zero-order chi connectivity index (χ0) is 26.3. The average molecular weight is 514 g/mol. The van der Waals surface area contributed by atoms with E-state index in [4.69, 9.17) is 0 Å². The Morgan fingerprint density at radius 3 is 2.49 bits per heavy atom. The molecule has 0 saturated carbocycles. The third-order valence-electron chi connectivity index (χ3n) is 7.07. The summed E-state index contributed by atoms with van der Waals surface area (Å²) < 4.78 is 46.1. The Morgan fingerprint density at radius 2 is 1.81 bits per heavy atom. The van der Waals surface area contributed by atoms with Gasteiger partial charge in [-0.1, -0.05) is 6.07 Å².